The maximum absolute atomic E-state index is 13.8. The van der Waals surface area contributed by atoms with E-state index < -0.39 is 52.0 Å². The van der Waals surface area contributed by atoms with E-state index in [9.17, 15) is 34.8 Å². The van der Waals surface area contributed by atoms with Crippen LogP contribution in [-0.2, 0) is 22.6 Å². The van der Waals surface area contributed by atoms with Crippen molar-refractivity contribution in [3.8, 4) is 16.9 Å². The summed E-state index contributed by atoms with van der Waals surface area (Å²) in [6.45, 7) is 1.89. The molecular formula is C27H26N2O7. The van der Waals surface area contributed by atoms with Crippen LogP contribution in [-0.4, -0.2) is 43.5 Å². The molecule has 2 aromatic carbocycles. The summed E-state index contributed by atoms with van der Waals surface area (Å²) in [6, 6.07) is 9.41. The Morgan fingerprint density at radius 1 is 1.14 bits per heavy atom. The van der Waals surface area contributed by atoms with Gasteiger partial charge in [-0.15, -0.1) is 0 Å². The normalized spacial score (nSPS) is 25.4. The fourth-order valence-corrected chi connectivity index (χ4v) is 5.97. The Balaban J connectivity index is 1.73. The molecule has 0 fully saturated rings. The second-order valence-corrected chi connectivity index (χ2v) is 9.77. The molecule has 0 aliphatic heterocycles. The Bertz CT molecular complexity index is 1440. The van der Waals surface area contributed by atoms with Crippen molar-refractivity contribution in [1.29, 1.82) is 0 Å². The second kappa shape index (κ2) is 8.04. The van der Waals surface area contributed by atoms with E-state index in [4.69, 9.17) is 11.5 Å². The summed E-state index contributed by atoms with van der Waals surface area (Å²) in [5.41, 5.74) is 10.9. The van der Waals surface area contributed by atoms with Crippen LogP contribution in [0.15, 0.2) is 53.0 Å². The molecule has 0 radical (unpaired) electrons. The van der Waals surface area contributed by atoms with E-state index >= 15 is 0 Å². The first-order valence-corrected chi connectivity index (χ1v) is 11.6. The van der Waals surface area contributed by atoms with Gasteiger partial charge in [-0.2, -0.15) is 0 Å². The van der Waals surface area contributed by atoms with Crippen molar-refractivity contribution in [2.45, 2.75) is 38.3 Å². The number of phenols is 1. The largest absolute Gasteiger partial charge is 0.511 e. The highest BCUT2D eigenvalue weighted by molar-refractivity contribution is 6.24. The number of hydrogen-bond acceptors (Lipinski definition) is 8. The molecule has 2 aromatic rings. The molecule has 8 N–H and O–H groups in total. The van der Waals surface area contributed by atoms with Gasteiger partial charge in [0.15, 0.2) is 11.4 Å². The topological polar surface area (TPSA) is 184 Å². The van der Waals surface area contributed by atoms with Crippen molar-refractivity contribution in [2.24, 2.45) is 23.3 Å². The number of hydrogen-bond donors (Lipinski definition) is 6. The SMILES string of the molecule is Cc1cccc(-c2cc(CN)c(O)c3c2C[C@H]2C[C@H]4CC(O)=C(C(N)=O)C(=O)[C@@]4(O)C(O)=C2C3=O)c1. The summed E-state index contributed by atoms with van der Waals surface area (Å²) in [5.74, 6) is -6.51. The number of benzene rings is 2. The molecule has 0 spiro atoms. The summed E-state index contributed by atoms with van der Waals surface area (Å²) in [4.78, 5) is 38.7. The van der Waals surface area contributed by atoms with Crippen LogP contribution < -0.4 is 11.5 Å². The van der Waals surface area contributed by atoms with Crippen molar-refractivity contribution in [2.75, 3.05) is 0 Å². The molecule has 186 valence electrons. The van der Waals surface area contributed by atoms with E-state index in [0.717, 1.165) is 16.7 Å². The average Bonchev–Trinajstić information content (AvgIpc) is 2.81. The molecule has 0 saturated carbocycles. The van der Waals surface area contributed by atoms with Crippen molar-refractivity contribution in [1.82, 2.24) is 0 Å². The maximum Gasteiger partial charge on any atom is 0.255 e. The van der Waals surface area contributed by atoms with Gasteiger partial charge in [0.1, 0.15) is 22.8 Å². The molecule has 0 heterocycles. The molecule has 0 bridgehead atoms. The molecule has 5 rings (SSSR count). The molecule has 9 nitrogen and oxygen atoms in total. The zero-order chi connectivity index (χ0) is 26.1. The predicted molar refractivity (Wildman–Crippen MR) is 129 cm³/mol. The molecule has 3 aliphatic carbocycles. The minimum atomic E-state index is -2.59. The van der Waals surface area contributed by atoms with Crippen LogP contribution in [0.3, 0.4) is 0 Å². The van der Waals surface area contributed by atoms with Crippen molar-refractivity contribution in [3.63, 3.8) is 0 Å². The lowest BCUT2D eigenvalue weighted by molar-refractivity contribution is -0.144. The van der Waals surface area contributed by atoms with E-state index in [1.54, 1.807) is 6.07 Å². The van der Waals surface area contributed by atoms with Gasteiger partial charge in [-0.25, -0.2) is 0 Å². The summed E-state index contributed by atoms with van der Waals surface area (Å²) in [7, 11) is 0. The van der Waals surface area contributed by atoms with Gasteiger partial charge in [0.05, 0.1) is 5.56 Å². The lowest BCUT2D eigenvalue weighted by atomic mass is 9.60. The lowest BCUT2D eigenvalue weighted by Gasteiger charge is -2.45. The van der Waals surface area contributed by atoms with Gasteiger partial charge in [0.25, 0.3) is 5.91 Å². The van der Waals surface area contributed by atoms with Gasteiger partial charge in [0.2, 0.25) is 5.78 Å². The number of Topliss-reactive ketones (excluding diaryl/α,β-unsaturated/α-hetero) is 2. The first kappa shape index (κ1) is 23.8. The smallest absolute Gasteiger partial charge is 0.255 e. The van der Waals surface area contributed by atoms with Crippen molar-refractivity contribution >= 4 is 17.5 Å². The van der Waals surface area contributed by atoms with Gasteiger partial charge >= 0.3 is 0 Å². The highest BCUT2D eigenvalue weighted by Crippen LogP contribution is 2.52. The molecular weight excluding hydrogens is 464 g/mol. The maximum atomic E-state index is 13.8. The zero-order valence-electron chi connectivity index (χ0n) is 19.5. The average molecular weight is 491 g/mol. The third-order valence-corrected chi connectivity index (χ3v) is 7.69. The number of allylic oxidation sites excluding steroid dienone is 2. The number of carbonyl (C=O) groups is 3. The van der Waals surface area contributed by atoms with Gasteiger partial charge < -0.3 is 31.9 Å². The van der Waals surface area contributed by atoms with Crippen LogP contribution in [0.4, 0.5) is 0 Å². The monoisotopic (exact) mass is 490 g/mol. The van der Waals surface area contributed by atoms with Crippen LogP contribution in [0, 0.1) is 18.8 Å². The number of phenolic OH excluding ortho intramolecular Hbond substituents is 1. The molecule has 1 amide bonds. The predicted octanol–water partition coefficient (Wildman–Crippen LogP) is 2.01. The number of aromatic hydroxyl groups is 1. The Kier molecular flexibility index (Phi) is 5.31. The van der Waals surface area contributed by atoms with Crippen LogP contribution in [0.5, 0.6) is 5.75 Å². The number of amides is 1. The van der Waals surface area contributed by atoms with E-state index in [-0.39, 0.29) is 42.7 Å². The summed E-state index contributed by atoms with van der Waals surface area (Å²) in [6.07, 6.45) is 0.0448. The second-order valence-electron chi connectivity index (χ2n) is 9.77. The molecule has 0 unspecified atom stereocenters. The number of aliphatic hydroxyl groups excluding tert-OH is 2. The first-order chi connectivity index (χ1) is 17.0. The number of rotatable bonds is 3. The first-order valence-electron chi connectivity index (χ1n) is 11.6. The third kappa shape index (κ3) is 3.13. The Morgan fingerprint density at radius 3 is 2.50 bits per heavy atom. The van der Waals surface area contributed by atoms with Crippen LogP contribution >= 0.6 is 0 Å². The molecule has 36 heavy (non-hydrogen) atoms. The van der Waals surface area contributed by atoms with Gasteiger partial charge in [-0.05, 0) is 48.4 Å². The number of fused-ring (bicyclic) bond motifs is 3. The minimum absolute atomic E-state index is 0.0360. The summed E-state index contributed by atoms with van der Waals surface area (Å²) >= 11 is 0. The van der Waals surface area contributed by atoms with E-state index in [0.29, 0.717) is 11.1 Å². The Hall–Kier alpha value is -3.95. The van der Waals surface area contributed by atoms with E-state index in [2.05, 4.69) is 0 Å². The number of aliphatic hydroxyl groups is 3. The van der Waals surface area contributed by atoms with E-state index in [1.165, 1.54) is 0 Å². The highest BCUT2D eigenvalue weighted by atomic mass is 16.3. The van der Waals surface area contributed by atoms with Gasteiger partial charge in [0, 0.05) is 30.0 Å². The quantitative estimate of drug-likeness (QED) is 0.353. The number of carbonyl (C=O) groups excluding carboxylic acids is 3. The molecule has 0 saturated heterocycles. The van der Waals surface area contributed by atoms with Crippen LogP contribution in [0.1, 0.15) is 39.9 Å². The fourth-order valence-electron chi connectivity index (χ4n) is 5.97. The number of aryl methyl sites for hydroxylation is 1. The number of primary amides is 1. The summed E-state index contributed by atoms with van der Waals surface area (Å²) in [5, 5.41) is 43.8. The van der Waals surface area contributed by atoms with Crippen LogP contribution in [0.2, 0.25) is 0 Å². The van der Waals surface area contributed by atoms with Crippen molar-refractivity contribution in [3.05, 3.63) is 75.3 Å². The molecule has 3 atom stereocenters. The van der Waals surface area contributed by atoms with Gasteiger partial charge in [-0.3, -0.25) is 14.4 Å². The number of ketones is 2. The zero-order valence-corrected chi connectivity index (χ0v) is 19.5. The van der Waals surface area contributed by atoms with E-state index in [1.807, 2.05) is 31.2 Å². The highest BCUT2D eigenvalue weighted by Gasteiger charge is 2.59. The Labute approximate surface area is 206 Å². The Morgan fingerprint density at radius 2 is 1.86 bits per heavy atom. The third-order valence-electron chi connectivity index (χ3n) is 7.69. The summed E-state index contributed by atoms with van der Waals surface area (Å²) < 4.78 is 0. The van der Waals surface area contributed by atoms with Crippen LogP contribution in [0.25, 0.3) is 11.1 Å². The van der Waals surface area contributed by atoms with Crippen molar-refractivity contribution < 1.29 is 34.8 Å². The minimum Gasteiger partial charge on any atom is -0.511 e. The van der Waals surface area contributed by atoms with Gasteiger partial charge in [-0.1, -0.05) is 29.8 Å². The fraction of sp³-hybridized carbons (Fsp3) is 0.296. The molecule has 3 aliphatic rings. The molecule has 9 heteroatoms. The standard InChI is InChI=1S/C27H26N2O7/c1-11-3-2-4-12(5-11)16-8-14(10-28)22(31)20-17(16)7-13-6-15-9-18(30)21(26(29)35)25(34)27(15,36)24(33)19(13)23(20)32/h2-5,8,13,15,30-31,33,36H,6-7,9-10,28H2,1H3,(H2,29,35)/t13-,15+,27+/m1/s1. The molecule has 0 aromatic heterocycles. The number of nitrogens with two attached hydrogens (primary N) is 2. The lowest BCUT2D eigenvalue weighted by Crippen LogP contribution is -2.57.